The first kappa shape index (κ1) is 18.7. The highest BCUT2D eigenvalue weighted by Crippen LogP contribution is 2.44. The van der Waals surface area contributed by atoms with Gasteiger partial charge in [0.2, 0.25) is 0 Å². The second kappa shape index (κ2) is 9.03. The van der Waals surface area contributed by atoms with Crippen LogP contribution >= 0.6 is 0 Å². The quantitative estimate of drug-likeness (QED) is 0.504. The van der Waals surface area contributed by atoms with Crippen molar-refractivity contribution in [3.8, 4) is 0 Å². The fourth-order valence-corrected chi connectivity index (χ4v) is 5.30. The van der Waals surface area contributed by atoms with Crippen LogP contribution in [-0.2, 0) is 4.74 Å². The average Bonchev–Trinajstić information content (AvgIpc) is 2.70. The Morgan fingerprint density at radius 2 is 1.52 bits per heavy atom. The topological polar surface area (TPSA) is 9.23 Å². The second-order valence-corrected chi connectivity index (χ2v) is 8.32. The van der Waals surface area contributed by atoms with Gasteiger partial charge in [0.1, 0.15) is 0 Å². The van der Waals surface area contributed by atoms with Crippen molar-refractivity contribution in [2.45, 2.75) is 76.7 Å². The van der Waals surface area contributed by atoms with Gasteiger partial charge in [-0.25, -0.2) is 0 Å². The molecular weight excluding hydrogens is 304 g/mol. The Bertz CT molecular complexity index is 512. The molecule has 0 spiro atoms. The maximum absolute atomic E-state index is 5.56. The van der Waals surface area contributed by atoms with Gasteiger partial charge < -0.3 is 4.74 Å². The zero-order chi connectivity index (χ0) is 17.6. The van der Waals surface area contributed by atoms with Crippen LogP contribution < -0.4 is 0 Å². The first-order valence-corrected chi connectivity index (χ1v) is 10.5. The molecule has 1 nitrogen and oxygen atoms in total. The highest BCUT2D eigenvalue weighted by Gasteiger charge is 2.30. The fourth-order valence-electron chi connectivity index (χ4n) is 5.30. The molecule has 0 N–H and O–H groups in total. The highest BCUT2D eigenvalue weighted by atomic mass is 16.5. The van der Waals surface area contributed by atoms with Gasteiger partial charge in [0.15, 0.2) is 0 Å². The van der Waals surface area contributed by atoms with Crippen molar-refractivity contribution in [2.75, 3.05) is 7.11 Å². The lowest BCUT2D eigenvalue weighted by atomic mass is 9.68. The number of rotatable bonds is 6. The molecule has 0 bridgehead atoms. The van der Waals surface area contributed by atoms with E-state index in [1.807, 2.05) is 7.11 Å². The largest absolute Gasteiger partial charge is 0.377 e. The Morgan fingerprint density at radius 3 is 2.00 bits per heavy atom. The van der Waals surface area contributed by atoms with Crippen molar-refractivity contribution >= 4 is 0 Å². The van der Waals surface area contributed by atoms with Gasteiger partial charge >= 0.3 is 0 Å². The molecule has 0 aromatic heterocycles. The molecule has 138 valence electrons. The molecule has 0 heterocycles. The maximum atomic E-state index is 5.56. The third kappa shape index (κ3) is 4.56. The van der Waals surface area contributed by atoms with Crippen molar-refractivity contribution in [1.29, 1.82) is 0 Å². The minimum absolute atomic E-state index is 0.246. The van der Waals surface area contributed by atoms with E-state index in [0.29, 0.717) is 0 Å². The number of hydrogen-bond acceptors (Lipinski definition) is 1. The smallest absolute Gasteiger partial charge is 0.0818 e. The van der Waals surface area contributed by atoms with Crippen LogP contribution in [0.2, 0.25) is 0 Å². The van der Waals surface area contributed by atoms with Gasteiger partial charge in [-0.05, 0) is 92.6 Å². The van der Waals surface area contributed by atoms with E-state index in [9.17, 15) is 0 Å². The molecule has 0 aliphatic heterocycles. The van der Waals surface area contributed by atoms with Gasteiger partial charge in [-0.3, -0.25) is 0 Å². The molecule has 1 unspecified atom stereocenters. The number of methoxy groups -OCH3 is 1. The molecule has 0 radical (unpaired) electrons. The molecule has 0 amide bonds. The lowest BCUT2D eigenvalue weighted by Gasteiger charge is -2.37. The normalized spacial score (nSPS) is 31.4. The summed E-state index contributed by atoms with van der Waals surface area (Å²) in [5.74, 6) is 3.55. The Hall–Kier alpha value is -1.08. The molecule has 1 atom stereocenters. The third-order valence-electron chi connectivity index (χ3n) is 7.02. The van der Waals surface area contributed by atoms with E-state index in [1.54, 1.807) is 5.56 Å². The van der Waals surface area contributed by atoms with Crippen LogP contribution in [0.25, 0.3) is 0 Å². The van der Waals surface area contributed by atoms with E-state index in [0.717, 1.165) is 30.1 Å². The standard InChI is InChI=1S/C24H36O/c1-4-18-6-8-19(9-7-18)20-10-12-21(13-11-20)22-14-16-23(17-15-22)24(5-2)25-3/h4,14-21,24H,1,5-13H2,2-3H3/t18-,19-,20-,21-,24?. The lowest BCUT2D eigenvalue weighted by Crippen LogP contribution is -2.25. The summed E-state index contributed by atoms with van der Waals surface area (Å²) in [7, 11) is 1.81. The van der Waals surface area contributed by atoms with Gasteiger partial charge in [0.05, 0.1) is 6.10 Å². The van der Waals surface area contributed by atoms with Gasteiger partial charge in [-0.15, -0.1) is 6.58 Å². The van der Waals surface area contributed by atoms with Crippen molar-refractivity contribution in [3.63, 3.8) is 0 Å². The van der Waals surface area contributed by atoms with E-state index in [-0.39, 0.29) is 6.10 Å². The van der Waals surface area contributed by atoms with Crippen LogP contribution in [0.15, 0.2) is 36.9 Å². The molecule has 0 saturated heterocycles. The summed E-state index contributed by atoms with van der Waals surface area (Å²) < 4.78 is 5.56. The summed E-state index contributed by atoms with van der Waals surface area (Å²) in [5.41, 5.74) is 2.87. The summed E-state index contributed by atoms with van der Waals surface area (Å²) >= 11 is 0. The summed E-state index contributed by atoms with van der Waals surface area (Å²) in [6, 6.07) is 9.29. The van der Waals surface area contributed by atoms with Gasteiger partial charge in [-0.2, -0.15) is 0 Å². The van der Waals surface area contributed by atoms with Gasteiger partial charge in [0, 0.05) is 7.11 Å². The third-order valence-corrected chi connectivity index (χ3v) is 7.02. The molecule has 3 rings (SSSR count). The predicted molar refractivity (Wildman–Crippen MR) is 107 cm³/mol. The first-order valence-electron chi connectivity index (χ1n) is 10.5. The Balaban J connectivity index is 1.51. The maximum Gasteiger partial charge on any atom is 0.0818 e. The van der Waals surface area contributed by atoms with E-state index >= 15 is 0 Å². The predicted octanol–water partition coefficient (Wildman–Crippen LogP) is 7.05. The van der Waals surface area contributed by atoms with E-state index in [1.165, 1.54) is 56.9 Å². The van der Waals surface area contributed by atoms with Crippen molar-refractivity contribution in [2.24, 2.45) is 17.8 Å². The summed E-state index contributed by atoms with van der Waals surface area (Å²) in [6.45, 7) is 6.17. The first-order chi connectivity index (χ1) is 12.2. The summed E-state index contributed by atoms with van der Waals surface area (Å²) in [4.78, 5) is 0. The monoisotopic (exact) mass is 340 g/mol. The van der Waals surface area contributed by atoms with Crippen LogP contribution in [0.5, 0.6) is 0 Å². The number of ether oxygens (including phenoxy) is 1. The zero-order valence-electron chi connectivity index (χ0n) is 16.3. The van der Waals surface area contributed by atoms with Gasteiger partial charge in [-0.1, -0.05) is 37.3 Å². The molecule has 2 saturated carbocycles. The van der Waals surface area contributed by atoms with Crippen molar-refractivity contribution < 1.29 is 4.74 Å². The minimum atomic E-state index is 0.246. The molecule has 2 aliphatic rings. The number of benzene rings is 1. The molecule has 1 aromatic carbocycles. The number of hydrogen-bond donors (Lipinski definition) is 0. The van der Waals surface area contributed by atoms with E-state index < -0.39 is 0 Å². The van der Waals surface area contributed by atoms with Crippen LogP contribution in [-0.4, -0.2) is 7.11 Å². The number of allylic oxidation sites excluding steroid dienone is 1. The Morgan fingerprint density at radius 1 is 0.960 bits per heavy atom. The van der Waals surface area contributed by atoms with Crippen LogP contribution in [0.3, 0.4) is 0 Å². The van der Waals surface area contributed by atoms with Crippen molar-refractivity contribution in [3.05, 3.63) is 48.0 Å². The molecule has 2 fully saturated rings. The molecule has 1 heteroatoms. The Labute approximate surface area is 154 Å². The van der Waals surface area contributed by atoms with E-state index in [4.69, 9.17) is 4.74 Å². The summed E-state index contributed by atoms with van der Waals surface area (Å²) in [5, 5.41) is 0. The fraction of sp³-hybridized carbons (Fsp3) is 0.667. The van der Waals surface area contributed by atoms with Crippen LogP contribution in [0.4, 0.5) is 0 Å². The molecule has 1 aromatic rings. The van der Waals surface area contributed by atoms with Crippen LogP contribution in [0, 0.1) is 17.8 Å². The van der Waals surface area contributed by atoms with Gasteiger partial charge in [0.25, 0.3) is 0 Å². The second-order valence-electron chi connectivity index (χ2n) is 8.32. The molecule has 2 aliphatic carbocycles. The Kier molecular flexibility index (Phi) is 6.76. The van der Waals surface area contributed by atoms with Crippen molar-refractivity contribution in [1.82, 2.24) is 0 Å². The zero-order valence-corrected chi connectivity index (χ0v) is 16.3. The minimum Gasteiger partial charge on any atom is -0.377 e. The SMILES string of the molecule is C=C[C@H]1CC[C@H]([C@H]2CC[C@H](c3ccc(C(CC)OC)cc3)CC2)CC1. The summed E-state index contributed by atoms with van der Waals surface area (Å²) in [6.07, 6.45) is 14.7. The van der Waals surface area contributed by atoms with Crippen LogP contribution in [0.1, 0.15) is 87.9 Å². The average molecular weight is 341 g/mol. The lowest BCUT2D eigenvalue weighted by molar-refractivity contribution is 0.1000. The molecule has 25 heavy (non-hydrogen) atoms. The van der Waals surface area contributed by atoms with E-state index in [2.05, 4.69) is 43.8 Å². The highest BCUT2D eigenvalue weighted by molar-refractivity contribution is 5.27. The molecular formula is C24H36O.